The minimum Gasteiger partial charge on any atom is -0.310 e. The molecule has 8 aromatic rings. The van der Waals surface area contributed by atoms with Gasteiger partial charge in [0.05, 0.1) is 5.69 Å². The maximum Gasteiger partial charge on any atom is 0.0554 e. The van der Waals surface area contributed by atoms with Crippen LogP contribution < -0.4 is 4.90 Å². The molecule has 0 bridgehead atoms. The van der Waals surface area contributed by atoms with E-state index in [1.807, 2.05) is 11.3 Å². The van der Waals surface area contributed by atoms with Crippen molar-refractivity contribution in [3.05, 3.63) is 200 Å². The van der Waals surface area contributed by atoms with Crippen LogP contribution in [0.15, 0.2) is 194 Å². The molecule has 0 saturated heterocycles. The van der Waals surface area contributed by atoms with Gasteiger partial charge in [-0.2, -0.15) is 0 Å². The normalized spacial score (nSPS) is 14.0. The van der Waals surface area contributed by atoms with Gasteiger partial charge in [0.2, 0.25) is 0 Å². The molecule has 7 aromatic carbocycles. The third kappa shape index (κ3) is 5.74. The number of rotatable bonds is 7. The fourth-order valence-electron chi connectivity index (χ4n) is 7.21. The van der Waals surface area contributed by atoms with Crippen molar-refractivity contribution >= 4 is 48.6 Å². The Kier molecular flexibility index (Phi) is 7.93. The molecule has 0 saturated carbocycles. The smallest absolute Gasteiger partial charge is 0.0554 e. The van der Waals surface area contributed by atoms with Crippen molar-refractivity contribution in [2.45, 2.75) is 12.3 Å². The molecule has 9 rings (SSSR count). The molecule has 0 fully saturated rings. The zero-order valence-corrected chi connectivity index (χ0v) is 28.4. The molecule has 0 amide bonds. The minimum absolute atomic E-state index is 0.422. The third-order valence-electron chi connectivity index (χ3n) is 9.83. The molecular formula is C48H35NS. The first-order chi connectivity index (χ1) is 24.8. The number of allylic oxidation sites excluding steroid dienone is 4. The van der Waals surface area contributed by atoms with Gasteiger partial charge in [0.15, 0.2) is 0 Å². The Bertz CT molecular complexity index is 2470. The maximum atomic E-state index is 2.42. The predicted molar refractivity (Wildman–Crippen MR) is 216 cm³/mol. The number of para-hydroxylation sites is 1. The largest absolute Gasteiger partial charge is 0.310 e. The molecule has 0 aliphatic heterocycles. The highest BCUT2D eigenvalue weighted by Crippen LogP contribution is 2.46. The van der Waals surface area contributed by atoms with Gasteiger partial charge >= 0.3 is 0 Å². The average molecular weight is 658 g/mol. The van der Waals surface area contributed by atoms with Crippen LogP contribution in [0.25, 0.3) is 53.6 Å². The lowest BCUT2D eigenvalue weighted by Gasteiger charge is -2.28. The molecule has 1 atom stereocenters. The van der Waals surface area contributed by atoms with E-state index in [1.54, 1.807) is 0 Å². The van der Waals surface area contributed by atoms with Gasteiger partial charge in [0.1, 0.15) is 0 Å². The van der Waals surface area contributed by atoms with Crippen molar-refractivity contribution in [2.75, 3.05) is 4.90 Å². The molecule has 1 heterocycles. The van der Waals surface area contributed by atoms with E-state index in [0.717, 1.165) is 17.8 Å². The number of anilines is 3. The van der Waals surface area contributed by atoms with Crippen molar-refractivity contribution in [3.8, 4) is 33.4 Å². The topological polar surface area (TPSA) is 3.24 Å². The van der Waals surface area contributed by atoms with E-state index in [9.17, 15) is 0 Å². The first-order valence-electron chi connectivity index (χ1n) is 17.3. The lowest BCUT2D eigenvalue weighted by molar-refractivity contribution is 0.854. The van der Waals surface area contributed by atoms with Gasteiger partial charge in [0.25, 0.3) is 0 Å². The molecule has 1 aromatic heterocycles. The monoisotopic (exact) mass is 657 g/mol. The summed E-state index contributed by atoms with van der Waals surface area (Å²) in [7, 11) is 0. The second-order valence-corrected chi connectivity index (χ2v) is 14.0. The highest BCUT2D eigenvalue weighted by molar-refractivity contribution is 7.25. The maximum absolute atomic E-state index is 2.42. The van der Waals surface area contributed by atoms with Crippen LogP contribution in [-0.2, 0) is 0 Å². The highest BCUT2D eigenvalue weighted by atomic mass is 32.1. The summed E-state index contributed by atoms with van der Waals surface area (Å²) in [5, 5.41) is 2.61. The zero-order chi connectivity index (χ0) is 33.3. The number of hydrogen-bond acceptors (Lipinski definition) is 2. The predicted octanol–water partition coefficient (Wildman–Crippen LogP) is 14.1. The quantitative estimate of drug-likeness (QED) is 0.165. The average Bonchev–Trinajstić information content (AvgIpc) is 3.57. The molecule has 1 aliphatic carbocycles. The molecule has 2 heteroatoms. The molecule has 0 radical (unpaired) electrons. The highest BCUT2D eigenvalue weighted by Gasteiger charge is 2.20. The van der Waals surface area contributed by atoms with Crippen LogP contribution >= 0.6 is 11.3 Å². The summed E-state index contributed by atoms with van der Waals surface area (Å²) in [5.74, 6) is 0.422. The zero-order valence-electron chi connectivity index (χ0n) is 27.6. The summed E-state index contributed by atoms with van der Waals surface area (Å²) in [6.07, 6.45) is 9.92. The Balaban J connectivity index is 1.16. The number of nitrogens with zero attached hydrogens (tertiary/aromatic N) is 1. The van der Waals surface area contributed by atoms with Crippen molar-refractivity contribution < 1.29 is 0 Å². The molecule has 1 nitrogen and oxygen atoms in total. The standard InChI is InChI=1S/C48H35NS/c1-4-12-34(13-5-1)36-20-22-38(23-21-36)39-28-30-42(31-29-39)49(41-16-8-3-9-17-41)46-33-48-45(43-18-10-11-19-47(43)50-48)32-44(46)40-26-24-37(25-27-40)35-14-6-2-7-15-35/h1-14,16-33,35H,15H2. The van der Waals surface area contributed by atoms with Gasteiger partial charge in [-0.1, -0.05) is 152 Å². The van der Waals surface area contributed by atoms with Gasteiger partial charge in [-0.05, 0) is 82.3 Å². The van der Waals surface area contributed by atoms with Gasteiger partial charge in [-0.15, -0.1) is 11.3 Å². The second kappa shape index (κ2) is 13.2. The number of thiophene rings is 1. The SMILES string of the molecule is C1=CCC(c2ccc(-c3cc4c(cc3N(c3ccccc3)c3ccc(-c5ccc(-c6ccccc6)cc5)cc3)sc3ccccc34)cc2)C=C1. The summed E-state index contributed by atoms with van der Waals surface area (Å²) in [6.45, 7) is 0. The van der Waals surface area contributed by atoms with E-state index in [1.165, 1.54) is 64.8 Å². The van der Waals surface area contributed by atoms with Crippen LogP contribution in [-0.4, -0.2) is 0 Å². The Hall–Kier alpha value is -5.96. The first kappa shape index (κ1) is 30.1. The fraction of sp³-hybridized carbons (Fsp3) is 0.0417. The molecule has 0 spiro atoms. The molecule has 1 aliphatic rings. The molecular weight excluding hydrogens is 623 g/mol. The summed E-state index contributed by atoms with van der Waals surface area (Å²) < 4.78 is 2.60. The molecule has 238 valence electrons. The third-order valence-corrected chi connectivity index (χ3v) is 11.0. The molecule has 50 heavy (non-hydrogen) atoms. The summed E-state index contributed by atoms with van der Waals surface area (Å²) in [4.78, 5) is 2.42. The first-order valence-corrected chi connectivity index (χ1v) is 18.1. The van der Waals surface area contributed by atoms with Crippen LogP contribution in [0.5, 0.6) is 0 Å². The van der Waals surface area contributed by atoms with E-state index in [-0.39, 0.29) is 0 Å². The van der Waals surface area contributed by atoms with Gasteiger partial charge < -0.3 is 4.90 Å². The number of hydrogen-bond donors (Lipinski definition) is 0. The van der Waals surface area contributed by atoms with Gasteiger partial charge in [-0.25, -0.2) is 0 Å². The van der Waals surface area contributed by atoms with Gasteiger partial charge in [-0.3, -0.25) is 0 Å². The summed E-state index contributed by atoms with van der Waals surface area (Å²) in [6, 6.07) is 62.1. The lowest BCUT2D eigenvalue weighted by Crippen LogP contribution is -2.11. The number of fused-ring (bicyclic) bond motifs is 3. The van der Waals surface area contributed by atoms with E-state index < -0.39 is 0 Å². The van der Waals surface area contributed by atoms with E-state index in [2.05, 4.69) is 199 Å². The Morgan fingerprint density at radius 2 is 1.04 bits per heavy atom. The molecule has 0 N–H and O–H groups in total. The Morgan fingerprint density at radius 3 is 1.72 bits per heavy atom. The van der Waals surface area contributed by atoms with E-state index in [4.69, 9.17) is 0 Å². The summed E-state index contributed by atoms with van der Waals surface area (Å²) in [5.41, 5.74) is 12.1. The molecule has 1 unspecified atom stereocenters. The van der Waals surface area contributed by atoms with E-state index in [0.29, 0.717) is 5.92 Å². The van der Waals surface area contributed by atoms with Crippen molar-refractivity contribution in [1.82, 2.24) is 0 Å². The Morgan fingerprint density at radius 1 is 0.460 bits per heavy atom. The van der Waals surface area contributed by atoms with Crippen LogP contribution in [0.3, 0.4) is 0 Å². The lowest BCUT2D eigenvalue weighted by atomic mass is 9.90. The van der Waals surface area contributed by atoms with Crippen LogP contribution in [0.2, 0.25) is 0 Å². The van der Waals surface area contributed by atoms with Crippen molar-refractivity contribution in [2.24, 2.45) is 0 Å². The summed E-state index contributed by atoms with van der Waals surface area (Å²) >= 11 is 1.87. The second-order valence-electron chi connectivity index (χ2n) is 12.9. The number of benzene rings is 7. The fourth-order valence-corrected chi connectivity index (χ4v) is 8.33. The van der Waals surface area contributed by atoms with E-state index >= 15 is 0 Å². The minimum atomic E-state index is 0.422. The van der Waals surface area contributed by atoms with Crippen LogP contribution in [0, 0.1) is 0 Å². The van der Waals surface area contributed by atoms with Gasteiger partial charge in [0, 0.05) is 43.0 Å². The van der Waals surface area contributed by atoms with Crippen molar-refractivity contribution in [1.29, 1.82) is 0 Å². The Labute approximate surface area is 297 Å². The van der Waals surface area contributed by atoms with Crippen LogP contribution in [0.4, 0.5) is 17.1 Å². The van der Waals surface area contributed by atoms with Crippen LogP contribution in [0.1, 0.15) is 17.9 Å². The van der Waals surface area contributed by atoms with Crippen molar-refractivity contribution in [3.63, 3.8) is 0 Å².